The molecular weight excluding hydrogens is 424 g/mol. The second kappa shape index (κ2) is 6.27. The second-order valence-electron chi connectivity index (χ2n) is 5.04. The van der Waals surface area contributed by atoms with Crippen molar-refractivity contribution in [2.75, 3.05) is 12.5 Å². The third-order valence-corrected chi connectivity index (χ3v) is 8.38. The molecule has 9 heteroatoms. The van der Waals surface area contributed by atoms with Gasteiger partial charge in [-0.2, -0.15) is 0 Å². The van der Waals surface area contributed by atoms with E-state index < -0.39 is 26.0 Å². The topological polar surface area (TPSA) is 26.3 Å². The fourth-order valence-corrected chi connectivity index (χ4v) is 5.57. The SMILES string of the molecule is O=C(OCCCCCl)[C@H]1C[C@]2(Cl)C(Cl)=C(Cl)[C@@]1(Cl)C2(Cl)Cl. The van der Waals surface area contributed by atoms with Crippen LogP contribution in [0.2, 0.25) is 0 Å². The van der Waals surface area contributed by atoms with E-state index in [1.165, 1.54) is 0 Å². The van der Waals surface area contributed by atoms with Crippen LogP contribution in [0.15, 0.2) is 10.1 Å². The standard InChI is InChI=1S/C12H11Cl7O2/c13-3-1-2-4-21-9(20)6-5-10(16)7(14)8(15)11(6,17)12(10,18)19/h6H,1-5H2/t6-,10+,11-/m1/s1. The average Bonchev–Trinajstić information content (AvgIpc) is 2.65. The smallest absolute Gasteiger partial charge is 0.311 e. The zero-order valence-corrected chi connectivity index (χ0v) is 15.9. The van der Waals surface area contributed by atoms with Crippen molar-refractivity contribution in [2.24, 2.45) is 5.92 Å². The van der Waals surface area contributed by atoms with Crippen molar-refractivity contribution in [3.05, 3.63) is 10.1 Å². The van der Waals surface area contributed by atoms with E-state index in [1.807, 2.05) is 0 Å². The van der Waals surface area contributed by atoms with Gasteiger partial charge in [0.05, 0.1) is 22.6 Å². The highest BCUT2D eigenvalue weighted by Crippen LogP contribution is 2.74. The van der Waals surface area contributed by atoms with E-state index in [9.17, 15) is 4.79 Å². The van der Waals surface area contributed by atoms with Gasteiger partial charge in [-0.05, 0) is 19.3 Å². The number of hydrogen-bond acceptors (Lipinski definition) is 2. The Bertz CT molecular complexity index is 492. The molecule has 2 aliphatic rings. The van der Waals surface area contributed by atoms with Crippen LogP contribution < -0.4 is 0 Å². The van der Waals surface area contributed by atoms with Crippen molar-refractivity contribution in [3.63, 3.8) is 0 Å². The molecule has 0 amide bonds. The molecule has 3 atom stereocenters. The normalized spacial score (nSPS) is 37.2. The largest absolute Gasteiger partial charge is 0.465 e. The lowest BCUT2D eigenvalue weighted by Gasteiger charge is -2.32. The second-order valence-corrected chi connectivity index (χ2v) is 8.74. The van der Waals surface area contributed by atoms with E-state index in [1.54, 1.807) is 0 Å². The van der Waals surface area contributed by atoms with E-state index in [4.69, 9.17) is 85.9 Å². The van der Waals surface area contributed by atoms with Gasteiger partial charge in [-0.15, -0.1) is 34.8 Å². The fraction of sp³-hybridized carbons (Fsp3) is 0.750. The summed E-state index contributed by atoms with van der Waals surface area (Å²) in [4.78, 5) is 9.27. The minimum Gasteiger partial charge on any atom is -0.465 e. The molecule has 2 rings (SSSR count). The Morgan fingerprint density at radius 1 is 1.14 bits per heavy atom. The van der Waals surface area contributed by atoms with Crippen molar-refractivity contribution in [1.82, 2.24) is 0 Å². The number of ether oxygens (including phenoxy) is 1. The number of alkyl halides is 5. The van der Waals surface area contributed by atoms with Crippen LogP contribution in [-0.2, 0) is 9.53 Å². The van der Waals surface area contributed by atoms with Gasteiger partial charge < -0.3 is 4.74 Å². The number of carbonyl (C=O) groups excluding carboxylic acids is 1. The van der Waals surface area contributed by atoms with E-state index in [0.717, 1.165) is 6.42 Å². The van der Waals surface area contributed by atoms with Crippen LogP contribution >= 0.6 is 81.2 Å². The first-order chi connectivity index (χ1) is 9.64. The number of unbranched alkanes of at least 4 members (excludes halogenated alkanes) is 1. The molecule has 0 radical (unpaired) electrons. The molecule has 1 fully saturated rings. The lowest BCUT2D eigenvalue weighted by atomic mass is 9.92. The molecule has 2 aliphatic carbocycles. The number of halogens is 7. The van der Waals surface area contributed by atoms with Crippen LogP contribution in [-0.4, -0.2) is 32.5 Å². The molecule has 0 aliphatic heterocycles. The highest BCUT2D eigenvalue weighted by atomic mass is 35.5. The van der Waals surface area contributed by atoms with Gasteiger partial charge in [0, 0.05) is 5.88 Å². The lowest BCUT2D eigenvalue weighted by Crippen LogP contribution is -2.46. The summed E-state index contributed by atoms with van der Waals surface area (Å²) in [6.07, 6.45) is 1.46. The Kier molecular flexibility index (Phi) is 5.55. The average molecular weight is 435 g/mol. The molecule has 0 aromatic carbocycles. The Morgan fingerprint density at radius 3 is 2.24 bits per heavy atom. The van der Waals surface area contributed by atoms with Gasteiger partial charge in [0.1, 0.15) is 9.75 Å². The molecular formula is C12H11Cl7O2. The van der Waals surface area contributed by atoms with Crippen molar-refractivity contribution in [1.29, 1.82) is 0 Å². The lowest BCUT2D eigenvalue weighted by molar-refractivity contribution is -0.149. The maximum absolute atomic E-state index is 12.2. The zero-order chi connectivity index (χ0) is 16.1. The first kappa shape index (κ1) is 18.6. The Labute approximate surface area is 157 Å². The summed E-state index contributed by atoms with van der Waals surface area (Å²) in [5, 5.41) is 0.0804. The summed E-state index contributed by atoms with van der Waals surface area (Å²) in [7, 11) is 0. The van der Waals surface area contributed by atoms with Crippen molar-refractivity contribution in [2.45, 2.75) is 33.3 Å². The zero-order valence-electron chi connectivity index (χ0n) is 10.6. The maximum Gasteiger partial charge on any atom is 0.311 e. The van der Waals surface area contributed by atoms with Crippen LogP contribution in [0.4, 0.5) is 0 Å². The van der Waals surface area contributed by atoms with Gasteiger partial charge >= 0.3 is 5.97 Å². The highest BCUT2D eigenvalue weighted by Gasteiger charge is 2.80. The number of esters is 1. The van der Waals surface area contributed by atoms with Gasteiger partial charge in [0.2, 0.25) is 0 Å². The van der Waals surface area contributed by atoms with Crippen LogP contribution in [0.5, 0.6) is 0 Å². The molecule has 0 saturated heterocycles. The minimum atomic E-state index is -1.70. The summed E-state index contributed by atoms with van der Waals surface area (Å²) >= 11 is 43.2. The molecule has 0 spiro atoms. The predicted octanol–water partition coefficient (Wildman–Crippen LogP) is 5.40. The molecule has 2 bridgehead atoms. The molecule has 0 aromatic rings. The van der Waals surface area contributed by atoms with E-state index in [2.05, 4.69) is 0 Å². The molecule has 0 aromatic heterocycles. The summed E-state index contributed by atoms with van der Waals surface area (Å²) in [5.74, 6) is -0.908. The number of carbonyl (C=O) groups is 1. The van der Waals surface area contributed by atoms with Crippen LogP contribution in [0, 0.1) is 5.92 Å². The summed E-state index contributed by atoms with van der Waals surface area (Å²) in [6, 6.07) is 0. The molecule has 2 nitrogen and oxygen atoms in total. The summed E-state index contributed by atoms with van der Waals surface area (Å²) in [6.45, 7) is 0.233. The van der Waals surface area contributed by atoms with Gasteiger partial charge in [0.15, 0.2) is 4.33 Å². The monoisotopic (exact) mass is 432 g/mol. The number of allylic oxidation sites excluding steroid dienone is 2. The Balaban J connectivity index is 2.20. The van der Waals surface area contributed by atoms with Crippen LogP contribution in [0.25, 0.3) is 0 Å². The number of hydrogen-bond donors (Lipinski definition) is 0. The summed E-state index contributed by atoms with van der Waals surface area (Å²) < 4.78 is 3.49. The minimum absolute atomic E-state index is 0.000193. The van der Waals surface area contributed by atoms with Gasteiger partial charge in [-0.1, -0.05) is 46.4 Å². The third kappa shape index (κ3) is 2.49. The number of rotatable bonds is 5. The highest BCUT2D eigenvalue weighted by molar-refractivity contribution is 6.66. The van der Waals surface area contributed by atoms with E-state index >= 15 is 0 Å². The van der Waals surface area contributed by atoms with Crippen molar-refractivity contribution in [3.8, 4) is 0 Å². The van der Waals surface area contributed by atoms with E-state index in [0.29, 0.717) is 12.3 Å². The van der Waals surface area contributed by atoms with Gasteiger partial charge in [-0.3, -0.25) is 4.79 Å². The molecule has 1 saturated carbocycles. The third-order valence-electron chi connectivity index (χ3n) is 3.84. The van der Waals surface area contributed by atoms with Gasteiger partial charge in [-0.25, -0.2) is 0 Å². The molecule has 0 N–H and O–H groups in total. The van der Waals surface area contributed by atoms with Crippen molar-refractivity contribution >= 4 is 87.2 Å². The quantitative estimate of drug-likeness (QED) is 0.328. The first-order valence-electron chi connectivity index (χ1n) is 6.19. The number of fused-ring (bicyclic) bond motifs is 2. The molecule has 0 heterocycles. The van der Waals surface area contributed by atoms with E-state index in [-0.39, 0.29) is 23.1 Å². The Hall–Kier alpha value is 1.24. The van der Waals surface area contributed by atoms with Crippen LogP contribution in [0.1, 0.15) is 19.3 Å². The molecule has 120 valence electrons. The summed E-state index contributed by atoms with van der Waals surface area (Å²) in [5.41, 5.74) is 0. The Morgan fingerprint density at radius 2 is 1.76 bits per heavy atom. The maximum atomic E-state index is 12.2. The predicted molar refractivity (Wildman–Crippen MR) is 89.4 cm³/mol. The first-order valence-corrected chi connectivity index (χ1v) is 8.99. The fourth-order valence-electron chi connectivity index (χ4n) is 2.62. The molecule has 21 heavy (non-hydrogen) atoms. The van der Waals surface area contributed by atoms with Gasteiger partial charge in [0.25, 0.3) is 0 Å². The molecule has 0 unspecified atom stereocenters. The van der Waals surface area contributed by atoms with Crippen molar-refractivity contribution < 1.29 is 9.53 Å². The van der Waals surface area contributed by atoms with Crippen LogP contribution in [0.3, 0.4) is 0 Å².